The van der Waals surface area contributed by atoms with Crippen LogP contribution in [0.2, 0.25) is 0 Å². The summed E-state index contributed by atoms with van der Waals surface area (Å²) in [4.78, 5) is 38.2. The Bertz CT molecular complexity index is 768. The summed E-state index contributed by atoms with van der Waals surface area (Å²) in [6, 6.07) is 6.29. The minimum absolute atomic E-state index is 0.155. The first-order valence-corrected chi connectivity index (χ1v) is 7.48. The number of benzene rings is 1. The minimum Gasteiger partial charge on any atom is -0.368 e. The van der Waals surface area contributed by atoms with Crippen LogP contribution >= 0.6 is 0 Å². The van der Waals surface area contributed by atoms with E-state index in [4.69, 9.17) is 5.73 Å². The summed E-state index contributed by atoms with van der Waals surface area (Å²) in [5.41, 5.74) is 7.28. The third-order valence-electron chi connectivity index (χ3n) is 4.07. The van der Waals surface area contributed by atoms with E-state index in [-0.39, 0.29) is 11.8 Å². The van der Waals surface area contributed by atoms with Crippen LogP contribution in [0.5, 0.6) is 0 Å². The molecule has 23 heavy (non-hydrogen) atoms. The average Bonchev–Trinajstić information content (AvgIpc) is 3.13. The first-order chi connectivity index (χ1) is 11.0. The fourth-order valence-electron chi connectivity index (χ4n) is 2.83. The summed E-state index contributed by atoms with van der Waals surface area (Å²) in [5.74, 6) is -1.13. The van der Waals surface area contributed by atoms with Gasteiger partial charge in [0.2, 0.25) is 17.7 Å². The van der Waals surface area contributed by atoms with Crippen molar-refractivity contribution in [1.82, 2.24) is 15.6 Å². The maximum atomic E-state index is 12.2. The van der Waals surface area contributed by atoms with Crippen molar-refractivity contribution in [3.63, 3.8) is 0 Å². The third kappa shape index (κ3) is 3.18. The predicted octanol–water partition coefficient (Wildman–Crippen LogP) is -0.0409. The van der Waals surface area contributed by atoms with Crippen LogP contribution in [0, 0.1) is 0 Å². The molecule has 1 aliphatic rings. The van der Waals surface area contributed by atoms with Gasteiger partial charge >= 0.3 is 0 Å². The molecule has 1 fully saturated rings. The zero-order valence-corrected chi connectivity index (χ0v) is 12.5. The van der Waals surface area contributed by atoms with Gasteiger partial charge in [-0.1, -0.05) is 18.2 Å². The van der Waals surface area contributed by atoms with E-state index in [2.05, 4.69) is 15.6 Å². The van der Waals surface area contributed by atoms with Crippen molar-refractivity contribution in [3.05, 3.63) is 36.0 Å². The SMILES string of the molecule is NC(=O)[C@@H](Cc1c[nH]c2ccccc12)NC(=O)[C@H]1CCC(=O)N1. The molecule has 1 aromatic carbocycles. The molecular weight excluding hydrogens is 296 g/mol. The number of para-hydroxylation sites is 1. The number of aromatic nitrogens is 1. The second kappa shape index (κ2) is 6.12. The highest BCUT2D eigenvalue weighted by molar-refractivity contribution is 5.94. The van der Waals surface area contributed by atoms with Gasteiger partial charge in [0, 0.05) is 29.9 Å². The second-order valence-electron chi connectivity index (χ2n) is 5.69. The number of aromatic amines is 1. The zero-order chi connectivity index (χ0) is 16.4. The second-order valence-corrected chi connectivity index (χ2v) is 5.69. The molecule has 3 rings (SSSR count). The van der Waals surface area contributed by atoms with Gasteiger partial charge in [-0.25, -0.2) is 0 Å². The van der Waals surface area contributed by atoms with Crippen LogP contribution in [0.15, 0.2) is 30.5 Å². The van der Waals surface area contributed by atoms with Crippen LogP contribution in [0.25, 0.3) is 10.9 Å². The van der Waals surface area contributed by atoms with Crippen LogP contribution in [-0.4, -0.2) is 34.8 Å². The Morgan fingerprint density at radius 2 is 2.13 bits per heavy atom. The van der Waals surface area contributed by atoms with E-state index < -0.39 is 18.0 Å². The van der Waals surface area contributed by atoms with E-state index in [1.165, 1.54) is 0 Å². The van der Waals surface area contributed by atoms with E-state index in [1.807, 2.05) is 30.5 Å². The average molecular weight is 314 g/mol. The molecule has 1 aromatic heterocycles. The molecule has 2 heterocycles. The Kier molecular flexibility index (Phi) is 4.01. The van der Waals surface area contributed by atoms with Gasteiger partial charge in [0.05, 0.1) is 0 Å². The number of H-pyrrole nitrogens is 1. The Labute approximate surface area is 132 Å². The van der Waals surface area contributed by atoms with Crippen LogP contribution < -0.4 is 16.4 Å². The van der Waals surface area contributed by atoms with Gasteiger partial charge in [-0.2, -0.15) is 0 Å². The molecule has 0 unspecified atom stereocenters. The Morgan fingerprint density at radius 1 is 1.35 bits per heavy atom. The molecule has 7 heteroatoms. The highest BCUT2D eigenvalue weighted by Crippen LogP contribution is 2.19. The Hall–Kier alpha value is -2.83. The van der Waals surface area contributed by atoms with Crippen molar-refractivity contribution in [1.29, 1.82) is 0 Å². The predicted molar refractivity (Wildman–Crippen MR) is 84.3 cm³/mol. The summed E-state index contributed by atoms with van der Waals surface area (Å²) in [6.07, 6.45) is 2.86. The molecule has 0 aliphatic carbocycles. The molecular formula is C16H18N4O3. The fraction of sp³-hybridized carbons (Fsp3) is 0.312. The largest absolute Gasteiger partial charge is 0.368 e. The van der Waals surface area contributed by atoms with E-state index in [0.29, 0.717) is 19.3 Å². The van der Waals surface area contributed by atoms with Gasteiger partial charge in [0.25, 0.3) is 0 Å². The van der Waals surface area contributed by atoms with E-state index >= 15 is 0 Å². The Morgan fingerprint density at radius 3 is 2.83 bits per heavy atom. The van der Waals surface area contributed by atoms with E-state index in [1.54, 1.807) is 0 Å². The van der Waals surface area contributed by atoms with Crippen molar-refractivity contribution in [3.8, 4) is 0 Å². The molecule has 0 saturated carbocycles. The number of primary amides is 1. The molecule has 0 bridgehead atoms. The number of nitrogens with one attached hydrogen (secondary N) is 3. The molecule has 120 valence electrons. The van der Waals surface area contributed by atoms with Gasteiger partial charge < -0.3 is 21.4 Å². The quantitative estimate of drug-likeness (QED) is 0.620. The minimum atomic E-state index is -0.820. The molecule has 7 nitrogen and oxygen atoms in total. The number of hydrogen-bond donors (Lipinski definition) is 4. The molecule has 3 amide bonds. The molecule has 1 aliphatic heterocycles. The third-order valence-corrected chi connectivity index (χ3v) is 4.07. The number of carbonyl (C=O) groups is 3. The van der Waals surface area contributed by atoms with Crippen molar-refractivity contribution in [2.75, 3.05) is 0 Å². The number of fused-ring (bicyclic) bond motifs is 1. The topological polar surface area (TPSA) is 117 Å². The fourth-order valence-corrected chi connectivity index (χ4v) is 2.83. The van der Waals surface area contributed by atoms with Gasteiger partial charge in [-0.3, -0.25) is 14.4 Å². The summed E-state index contributed by atoms with van der Waals surface area (Å²) in [5, 5.41) is 6.21. The summed E-state index contributed by atoms with van der Waals surface area (Å²) in [7, 11) is 0. The number of nitrogens with two attached hydrogens (primary N) is 1. The summed E-state index contributed by atoms with van der Waals surface area (Å²) in [6.45, 7) is 0. The van der Waals surface area contributed by atoms with Gasteiger partial charge in [-0.05, 0) is 18.1 Å². The van der Waals surface area contributed by atoms with Crippen LogP contribution in [-0.2, 0) is 20.8 Å². The Balaban J connectivity index is 1.73. The maximum absolute atomic E-state index is 12.2. The van der Waals surface area contributed by atoms with Crippen molar-refractivity contribution >= 4 is 28.6 Å². The lowest BCUT2D eigenvalue weighted by molar-refractivity contribution is -0.129. The lowest BCUT2D eigenvalue weighted by Gasteiger charge is -2.18. The lowest BCUT2D eigenvalue weighted by atomic mass is 10.0. The van der Waals surface area contributed by atoms with E-state index in [9.17, 15) is 14.4 Å². The first-order valence-electron chi connectivity index (χ1n) is 7.48. The number of rotatable bonds is 5. The first kappa shape index (κ1) is 15.1. The van der Waals surface area contributed by atoms with Crippen LogP contribution in [0.3, 0.4) is 0 Å². The van der Waals surface area contributed by atoms with Crippen LogP contribution in [0.1, 0.15) is 18.4 Å². The number of amides is 3. The normalized spacial score (nSPS) is 18.6. The monoisotopic (exact) mass is 314 g/mol. The van der Waals surface area contributed by atoms with Gasteiger partial charge in [0.15, 0.2) is 0 Å². The highest BCUT2D eigenvalue weighted by Gasteiger charge is 2.30. The van der Waals surface area contributed by atoms with Crippen LogP contribution in [0.4, 0.5) is 0 Å². The number of carbonyl (C=O) groups excluding carboxylic acids is 3. The zero-order valence-electron chi connectivity index (χ0n) is 12.5. The maximum Gasteiger partial charge on any atom is 0.243 e. The van der Waals surface area contributed by atoms with Gasteiger partial charge in [-0.15, -0.1) is 0 Å². The van der Waals surface area contributed by atoms with E-state index in [0.717, 1.165) is 16.5 Å². The summed E-state index contributed by atoms with van der Waals surface area (Å²) < 4.78 is 0. The molecule has 0 radical (unpaired) electrons. The van der Waals surface area contributed by atoms with Crippen molar-refractivity contribution in [2.45, 2.75) is 31.3 Å². The molecule has 5 N–H and O–H groups in total. The van der Waals surface area contributed by atoms with Gasteiger partial charge in [0.1, 0.15) is 12.1 Å². The lowest BCUT2D eigenvalue weighted by Crippen LogP contribution is -2.51. The molecule has 0 spiro atoms. The molecule has 1 saturated heterocycles. The summed E-state index contributed by atoms with van der Waals surface area (Å²) >= 11 is 0. The molecule has 2 atom stereocenters. The smallest absolute Gasteiger partial charge is 0.243 e. The number of hydrogen-bond acceptors (Lipinski definition) is 3. The van der Waals surface area contributed by atoms with Crippen molar-refractivity contribution in [2.24, 2.45) is 5.73 Å². The standard InChI is InChI=1S/C16H18N4O3/c17-15(22)13(20-16(23)12-5-6-14(21)19-12)7-9-8-18-11-4-2-1-3-10(9)11/h1-4,8,12-13,18H,5-7H2,(H2,17,22)(H,19,21)(H,20,23)/t12-,13-/m1/s1. The van der Waals surface area contributed by atoms with Crippen molar-refractivity contribution < 1.29 is 14.4 Å². The highest BCUT2D eigenvalue weighted by atomic mass is 16.2. The molecule has 2 aromatic rings.